The molecule has 3 nitrogen and oxygen atoms in total. The molecule has 0 heterocycles. The van der Waals surface area contributed by atoms with Crippen LogP contribution >= 0.6 is 0 Å². The van der Waals surface area contributed by atoms with Crippen molar-refractivity contribution in [1.29, 1.82) is 0 Å². The fraction of sp³-hybridized carbons (Fsp3) is 1.00. The maximum atomic E-state index is 9.39. The molecule has 0 aromatic rings. The Bertz CT molecular complexity index is 127. The highest BCUT2D eigenvalue weighted by molar-refractivity contribution is 4.72. The van der Waals surface area contributed by atoms with Crippen molar-refractivity contribution in [2.45, 2.75) is 45.3 Å². The standard InChI is InChI=1S/C9H21NO2/c1-8(2,11)7-12-9(3,4)5-6-10/h11H,5-7,10H2,1-4H3. The summed E-state index contributed by atoms with van der Waals surface area (Å²) in [4.78, 5) is 0. The van der Waals surface area contributed by atoms with Gasteiger partial charge in [0, 0.05) is 0 Å². The molecule has 0 bridgehead atoms. The van der Waals surface area contributed by atoms with Crippen molar-refractivity contribution in [2.75, 3.05) is 13.2 Å². The van der Waals surface area contributed by atoms with E-state index in [4.69, 9.17) is 10.5 Å². The van der Waals surface area contributed by atoms with Gasteiger partial charge < -0.3 is 15.6 Å². The van der Waals surface area contributed by atoms with E-state index in [1.165, 1.54) is 0 Å². The largest absolute Gasteiger partial charge is 0.388 e. The lowest BCUT2D eigenvalue weighted by Crippen LogP contribution is -2.35. The molecule has 0 aromatic carbocycles. The summed E-state index contributed by atoms with van der Waals surface area (Å²) in [5.74, 6) is 0. The fourth-order valence-corrected chi connectivity index (χ4v) is 0.792. The molecule has 0 rings (SSSR count). The van der Waals surface area contributed by atoms with Crippen molar-refractivity contribution in [2.24, 2.45) is 5.73 Å². The van der Waals surface area contributed by atoms with Crippen LogP contribution in [0.25, 0.3) is 0 Å². The highest BCUT2D eigenvalue weighted by atomic mass is 16.5. The molecule has 0 aliphatic carbocycles. The zero-order valence-corrected chi connectivity index (χ0v) is 8.55. The Morgan fingerprint density at radius 1 is 1.25 bits per heavy atom. The van der Waals surface area contributed by atoms with Gasteiger partial charge in [-0.05, 0) is 40.7 Å². The molecule has 0 atom stereocenters. The highest BCUT2D eigenvalue weighted by Crippen LogP contribution is 2.15. The Kier molecular flexibility index (Phi) is 4.17. The summed E-state index contributed by atoms with van der Waals surface area (Å²) >= 11 is 0. The fourth-order valence-electron chi connectivity index (χ4n) is 0.792. The lowest BCUT2D eigenvalue weighted by atomic mass is 10.0. The summed E-state index contributed by atoms with van der Waals surface area (Å²) in [5.41, 5.74) is 4.43. The molecule has 0 amide bonds. The molecule has 12 heavy (non-hydrogen) atoms. The predicted molar refractivity (Wildman–Crippen MR) is 50.0 cm³/mol. The van der Waals surface area contributed by atoms with Crippen molar-refractivity contribution in [3.63, 3.8) is 0 Å². The van der Waals surface area contributed by atoms with E-state index in [9.17, 15) is 5.11 Å². The lowest BCUT2D eigenvalue weighted by molar-refractivity contribution is -0.0928. The summed E-state index contributed by atoms with van der Waals surface area (Å²) < 4.78 is 5.50. The molecule has 0 spiro atoms. The molecule has 0 saturated carbocycles. The van der Waals surface area contributed by atoms with Crippen LogP contribution in [0.4, 0.5) is 0 Å². The van der Waals surface area contributed by atoms with Crippen LogP contribution in [-0.2, 0) is 4.74 Å². The molecule has 74 valence electrons. The van der Waals surface area contributed by atoms with E-state index in [0.717, 1.165) is 6.42 Å². The third-order valence-electron chi connectivity index (χ3n) is 1.56. The van der Waals surface area contributed by atoms with Gasteiger partial charge in [-0.2, -0.15) is 0 Å². The molecule has 0 unspecified atom stereocenters. The van der Waals surface area contributed by atoms with E-state index in [-0.39, 0.29) is 5.60 Å². The van der Waals surface area contributed by atoms with Crippen LogP contribution in [0.1, 0.15) is 34.1 Å². The predicted octanol–water partition coefficient (Wildman–Crippen LogP) is 0.901. The van der Waals surface area contributed by atoms with Crippen molar-refractivity contribution in [3.05, 3.63) is 0 Å². The summed E-state index contributed by atoms with van der Waals surface area (Å²) in [6, 6.07) is 0. The molecule has 0 saturated heterocycles. The number of nitrogens with two attached hydrogens (primary N) is 1. The lowest BCUT2D eigenvalue weighted by Gasteiger charge is -2.28. The molecule has 3 N–H and O–H groups in total. The molecule has 3 heteroatoms. The first-order chi connectivity index (χ1) is 5.27. The van der Waals surface area contributed by atoms with Crippen LogP contribution in [-0.4, -0.2) is 29.5 Å². The van der Waals surface area contributed by atoms with Crippen molar-refractivity contribution < 1.29 is 9.84 Å². The first-order valence-corrected chi connectivity index (χ1v) is 4.33. The highest BCUT2D eigenvalue weighted by Gasteiger charge is 2.21. The van der Waals surface area contributed by atoms with E-state index >= 15 is 0 Å². The molecule has 0 aliphatic rings. The van der Waals surface area contributed by atoms with Gasteiger partial charge in [-0.1, -0.05) is 0 Å². The van der Waals surface area contributed by atoms with Crippen LogP contribution in [0.15, 0.2) is 0 Å². The van der Waals surface area contributed by atoms with Gasteiger partial charge in [0.2, 0.25) is 0 Å². The zero-order valence-electron chi connectivity index (χ0n) is 8.55. The zero-order chi connectivity index (χ0) is 9.83. The average Bonchev–Trinajstić information content (AvgIpc) is 1.83. The Labute approximate surface area is 74.9 Å². The molecule has 0 radical (unpaired) electrons. The third kappa shape index (κ3) is 6.58. The van der Waals surface area contributed by atoms with Crippen molar-refractivity contribution >= 4 is 0 Å². The summed E-state index contributed by atoms with van der Waals surface area (Å²) in [6.07, 6.45) is 0.809. The van der Waals surface area contributed by atoms with Gasteiger partial charge in [-0.3, -0.25) is 0 Å². The van der Waals surface area contributed by atoms with Crippen LogP contribution < -0.4 is 5.73 Å². The van der Waals surface area contributed by atoms with Gasteiger partial charge >= 0.3 is 0 Å². The summed E-state index contributed by atoms with van der Waals surface area (Å²) in [5, 5.41) is 9.39. The maximum absolute atomic E-state index is 9.39. The number of hydrogen-bond acceptors (Lipinski definition) is 3. The molecular formula is C9H21NO2. The smallest absolute Gasteiger partial charge is 0.0824 e. The third-order valence-corrected chi connectivity index (χ3v) is 1.56. The van der Waals surface area contributed by atoms with E-state index in [2.05, 4.69) is 0 Å². The molecular weight excluding hydrogens is 154 g/mol. The van der Waals surface area contributed by atoms with E-state index in [1.54, 1.807) is 13.8 Å². The Morgan fingerprint density at radius 2 is 1.75 bits per heavy atom. The quantitative estimate of drug-likeness (QED) is 0.652. The van der Waals surface area contributed by atoms with E-state index < -0.39 is 5.60 Å². The van der Waals surface area contributed by atoms with Crippen LogP contribution in [0.5, 0.6) is 0 Å². The molecule has 0 aromatic heterocycles. The Morgan fingerprint density at radius 3 is 2.08 bits per heavy atom. The molecule has 0 aliphatic heterocycles. The Balaban J connectivity index is 3.75. The van der Waals surface area contributed by atoms with Crippen LogP contribution in [0.2, 0.25) is 0 Å². The summed E-state index contributed by atoms with van der Waals surface area (Å²) in [6.45, 7) is 8.37. The van der Waals surface area contributed by atoms with E-state index in [0.29, 0.717) is 13.2 Å². The van der Waals surface area contributed by atoms with Crippen molar-refractivity contribution in [1.82, 2.24) is 0 Å². The first-order valence-electron chi connectivity index (χ1n) is 4.33. The minimum atomic E-state index is -0.758. The minimum absolute atomic E-state index is 0.227. The minimum Gasteiger partial charge on any atom is -0.388 e. The molecule has 0 fully saturated rings. The van der Waals surface area contributed by atoms with Crippen molar-refractivity contribution in [3.8, 4) is 0 Å². The second kappa shape index (κ2) is 4.21. The second-order valence-corrected chi connectivity index (χ2v) is 4.40. The summed E-state index contributed by atoms with van der Waals surface area (Å²) in [7, 11) is 0. The normalized spacial score (nSPS) is 13.5. The van der Waals surface area contributed by atoms with Gasteiger partial charge in [0.25, 0.3) is 0 Å². The van der Waals surface area contributed by atoms with Gasteiger partial charge in [-0.25, -0.2) is 0 Å². The van der Waals surface area contributed by atoms with Gasteiger partial charge in [-0.15, -0.1) is 0 Å². The average molecular weight is 175 g/mol. The maximum Gasteiger partial charge on any atom is 0.0824 e. The second-order valence-electron chi connectivity index (χ2n) is 4.40. The number of hydrogen-bond donors (Lipinski definition) is 2. The van der Waals surface area contributed by atoms with Crippen LogP contribution in [0.3, 0.4) is 0 Å². The topological polar surface area (TPSA) is 55.5 Å². The number of rotatable bonds is 5. The van der Waals surface area contributed by atoms with Gasteiger partial charge in [0.05, 0.1) is 17.8 Å². The number of aliphatic hydroxyl groups is 1. The monoisotopic (exact) mass is 175 g/mol. The Hall–Kier alpha value is -0.120. The number of ether oxygens (including phenoxy) is 1. The van der Waals surface area contributed by atoms with Gasteiger partial charge in [0.1, 0.15) is 0 Å². The van der Waals surface area contributed by atoms with Crippen LogP contribution in [0, 0.1) is 0 Å². The SMILES string of the molecule is CC(C)(O)COC(C)(C)CCN. The van der Waals surface area contributed by atoms with E-state index in [1.807, 2.05) is 13.8 Å². The first kappa shape index (κ1) is 11.9. The van der Waals surface area contributed by atoms with Gasteiger partial charge in [0.15, 0.2) is 0 Å².